The first-order valence-electron chi connectivity index (χ1n) is 10.3. The molecule has 3 aromatic rings. The minimum absolute atomic E-state index is 0.229. The molecule has 0 saturated carbocycles. The van der Waals surface area contributed by atoms with E-state index in [1.54, 1.807) is 48.5 Å². The standard InChI is InChI=1S/C25H23ClN2O7/c1-31-21-12-17(13-22(32-2)24(21)33-3)25(30)35-18-10-8-16(9-11-18)14-27-28-23(29)15-34-20-7-5-4-6-19(20)26/h4-14H,15H2,1-3H3,(H,28,29)/b27-14-. The second-order valence-corrected chi connectivity index (χ2v) is 7.29. The Kier molecular flexibility index (Phi) is 8.91. The normalized spacial score (nSPS) is 10.5. The van der Waals surface area contributed by atoms with Gasteiger partial charge in [-0.3, -0.25) is 4.79 Å². The Labute approximate surface area is 207 Å². The number of carbonyl (C=O) groups excluding carboxylic acids is 2. The second-order valence-electron chi connectivity index (χ2n) is 6.88. The van der Waals surface area contributed by atoms with E-state index in [4.69, 9.17) is 35.3 Å². The highest BCUT2D eigenvalue weighted by Crippen LogP contribution is 2.38. The van der Waals surface area contributed by atoms with Gasteiger partial charge in [-0.2, -0.15) is 5.10 Å². The molecule has 0 saturated heterocycles. The highest BCUT2D eigenvalue weighted by atomic mass is 35.5. The zero-order chi connectivity index (χ0) is 25.2. The summed E-state index contributed by atoms with van der Waals surface area (Å²) in [4.78, 5) is 24.5. The Morgan fingerprint density at radius 2 is 1.57 bits per heavy atom. The first-order valence-corrected chi connectivity index (χ1v) is 10.6. The van der Waals surface area contributed by atoms with Gasteiger partial charge in [-0.25, -0.2) is 10.2 Å². The number of methoxy groups -OCH3 is 3. The van der Waals surface area contributed by atoms with E-state index in [1.165, 1.54) is 39.7 Å². The fourth-order valence-electron chi connectivity index (χ4n) is 2.90. The number of carbonyl (C=O) groups is 2. The molecule has 0 radical (unpaired) electrons. The van der Waals surface area contributed by atoms with Gasteiger partial charge in [-0.05, 0) is 54.1 Å². The lowest BCUT2D eigenvalue weighted by Gasteiger charge is -2.13. The van der Waals surface area contributed by atoms with Crippen LogP contribution in [0.4, 0.5) is 0 Å². The zero-order valence-electron chi connectivity index (χ0n) is 19.2. The number of para-hydroxylation sites is 1. The summed E-state index contributed by atoms with van der Waals surface area (Å²) in [5, 5.41) is 4.30. The molecule has 10 heteroatoms. The summed E-state index contributed by atoms with van der Waals surface area (Å²) in [5.74, 6) is 0.726. The van der Waals surface area contributed by atoms with Crippen LogP contribution in [0.5, 0.6) is 28.7 Å². The van der Waals surface area contributed by atoms with E-state index in [0.717, 1.165) is 0 Å². The van der Waals surface area contributed by atoms with Crippen molar-refractivity contribution in [3.8, 4) is 28.7 Å². The Morgan fingerprint density at radius 3 is 2.17 bits per heavy atom. The van der Waals surface area contributed by atoms with Crippen molar-refractivity contribution in [2.75, 3.05) is 27.9 Å². The smallest absolute Gasteiger partial charge is 0.343 e. The Morgan fingerprint density at radius 1 is 0.914 bits per heavy atom. The number of amides is 1. The third-order valence-electron chi connectivity index (χ3n) is 4.59. The second kappa shape index (κ2) is 12.3. The largest absolute Gasteiger partial charge is 0.493 e. The van der Waals surface area contributed by atoms with Gasteiger partial charge >= 0.3 is 5.97 Å². The number of halogens is 1. The number of rotatable bonds is 10. The van der Waals surface area contributed by atoms with E-state index < -0.39 is 11.9 Å². The van der Waals surface area contributed by atoms with Crippen molar-refractivity contribution in [1.82, 2.24) is 5.43 Å². The highest BCUT2D eigenvalue weighted by molar-refractivity contribution is 6.32. The summed E-state index contributed by atoms with van der Waals surface area (Å²) >= 11 is 5.98. The van der Waals surface area contributed by atoms with Gasteiger partial charge in [0.1, 0.15) is 11.5 Å². The van der Waals surface area contributed by atoms with Crippen LogP contribution in [0.1, 0.15) is 15.9 Å². The number of benzene rings is 3. The number of nitrogens with one attached hydrogen (secondary N) is 1. The number of esters is 1. The van der Waals surface area contributed by atoms with Crippen molar-refractivity contribution in [3.05, 3.63) is 76.8 Å². The van der Waals surface area contributed by atoms with Crippen LogP contribution in [0.2, 0.25) is 5.02 Å². The van der Waals surface area contributed by atoms with Crippen LogP contribution in [0.25, 0.3) is 0 Å². The van der Waals surface area contributed by atoms with Gasteiger partial charge in [0, 0.05) is 0 Å². The molecule has 3 aromatic carbocycles. The molecular formula is C25H23ClN2O7. The monoisotopic (exact) mass is 498 g/mol. The molecule has 0 unspecified atom stereocenters. The third kappa shape index (κ3) is 6.87. The molecular weight excluding hydrogens is 476 g/mol. The maximum Gasteiger partial charge on any atom is 0.343 e. The lowest BCUT2D eigenvalue weighted by atomic mass is 10.2. The molecule has 9 nitrogen and oxygen atoms in total. The number of hydrogen-bond acceptors (Lipinski definition) is 8. The number of ether oxygens (including phenoxy) is 5. The molecule has 0 spiro atoms. The topological polar surface area (TPSA) is 105 Å². The van der Waals surface area contributed by atoms with Gasteiger partial charge in [0.05, 0.1) is 38.1 Å². The van der Waals surface area contributed by atoms with Gasteiger partial charge in [-0.15, -0.1) is 0 Å². The predicted octanol–water partition coefficient (Wildman–Crippen LogP) is 4.11. The molecule has 0 heterocycles. The molecule has 182 valence electrons. The van der Waals surface area contributed by atoms with Crippen molar-refractivity contribution < 1.29 is 33.3 Å². The summed E-state index contributed by atoms with van der Waals surface area (Å²) in [6, 6.07) is 16.4. The van der Waals surface area contributed by atoms with Crippen molar-refractivity contribution in [1.29, 1.82) is 0 Å². The summed E-state index contributed by atoms with van der Waals surface area (Å²) in [7, 11) is 4.39. The van der Waals surface area contributed by atoms with E-state index in [9.17, 15) is 9.59 Å². The van der Waals surface area contributed by atoms with Crippen LogP contribution in [0, 0.1) is 0 Å². The van der Waals surface area contributed by atoms with E-state index in [1.807, 2.05) is 0 Å². The van der Waals surface area contributed by atoms with E-state index in [0.29, 0.717) is 39.3 Å². The molecule has 0 aliphatic heterocycles. The Bertz CT molecular complexity index is 1190. The first-order chi connectivity index (χ1) is 16.9. The van der Waals surface area contributed by atoms with Crippen molar-refractivity contribution in [3.63, 3.8) is 0 Å². The molecule has 0 bridgehead atoms. The van der Waals surface area contributed by atoms with Crippen LogP contribution >= 0.6 is 11.6 Å². The maximum absolute atomic E-state index is 12.6. The Balaban J connectivity index is 1.55. The Hall–Kier alpha value is -4.24. The van der Waals surface area contributed by atoms with Gasteiger partial charge in [0.15, 0.2) is 18.1 Å². The minimum Gasteiger partial charge on any atom is -0.493 e. The summed E-state index contributed by atoms with van der Waals surface area (Å²) < 4.78 is 26.5. The fourth-order valence-corrected chi connectivity index (χ4v) is 3.09. The quantitative estimate of drug-likeness (QED) is 0.194. The molecule has 0 aliphatic rings. The zero-order valence-corrected chi connectivity index (χ0v) is 20.0. The molecule has 0 atom stereocenters. The van der Waals surface area contributed by atoms with Crippen molar-refractivity contribution >= 4 is 29.7 Å². The average Bonchev–Trinajstić information content (AvgIpc) is 2.88. The van der Waals surface area contributed by atoms with Gasteiger partial charge in [-0.1, -0.05) is 23.7 Å². The molecule has 0 fully saturated rings. The molecule has 0 aromatic heterocycles. The van der Waals surface area contributed by atoms with E-state index in [-0.39, 0.29) is 12.2 Å². The number of nitrogens with zero attached hydrogens (tertiary/aromatic N) is 1. The van der Waals surface area contributed by atoms with Crippen molar-refractivity contribution in [2.45, 2.75) is 0 Å². The fraction of sp³-hybridized carbons (Fsp3) is 0.160. The van der Waals surface area contributed by atoms with E-state index in [2.05, 4.69) is 10.5 Å². The van der Waals surface area contributed by atoms with E-state index >= 15 is 0 Å². The first kappa shape index (κ1) is 25.4. The summed E-state index contributed by atoms with van der Waals surface area (Å²) in [6.45, 7) is -0.239. The highest BCUT2D eigenvalue weighted by Gasteiger charge is 2.18. The maximum atomic E-state index is 12.6. The molecule has 3 rings (SSSR count). The van der Waals surface area contributed by atoms with Crippen molar-refractivity contribution in [2.24, 2.45) is 5.10 Å². The lowest BCUT2D eigenvalue weighted by Crippen LogP contribution is -2.24. The van der Waals surface area contributed by atoms with Gasteiger partial charge < -0.3 is 23.7 Å². The van der Waals surface area contributed by atoms with Crippen LogP contribution in [-0.4, -0.2) is 46.0 Å². The summed E-state index contributed by atoms with van der Waals surface area (Å²) in [6.07, 6.45) is 1.44. The number of hydrogen-bond donors (Lipinski definition) is 1. The average molecular weight is 499 g/mol. The van der Waals surface area contributed by atoms with Crippen LogP contribution in [-0.2, 0) is 4.79 Å². The minimum atomic E-state index is -0.601. The molecule has 1 N–H and O–H groups in total. The predicted molar refractivity (Wildman–Crippen MR) is 130 cm³/mol. The molecule has 1 amide bonds. The SMILES string of the molecule is COc1cc(C(=O)Oc2ccc(/C=N\NC(=O)COc3ccccc3Cl)cc2)cc(OC)c1OC. The molecule has 35 heavy (non-hydrogen) atoms. The number of hydrazone groups is 1. The van der Waals surface area contributed by atoms with Crippen LogP contribution in [0.15, 0.2) is 65.8 Å². The van der Waals surface area contributed by atoms with Gasteiger partial charge in [0.25, 0.3) is 5.91 Å². The third-order valence-corrected chi connectivity index (χ3v) is 4.90. The van der Waals surface area contributed by atoms with Crippen LogP contribution < -0.4 is 29.1 Å². The lowest BCUT2D eigenvalue weighted by molar-refractivity contribution is -0.123. The molecule has 0 aliphatic carbocycles. The van der Waals surface area contributed by atoms with Gasteiger partial charge in [0.2, 0.25) is 5.75 Å². The van der Waals surface area contributed by atoms with Crippen LogP contribution in [0.3, 0.4) is 0 Å². The summed E-state index contributed by atoms with van der Waals surface area (Å²) in [5.41, 5.74) is 3.26.